The van der Waals surface area contributed by atoms with E-state index in [1.807, 2.05) is 0 Å². The molecule has 0 aliphatic heterocycles. The van der Waals surface area contributed by atoms with Gasteiger partial charge in [0.2, 0.25) is 0 Å². The maximum Gasteiger partial charge on any atom is 0.347 e. The molecule has 1 aromatic carbocycles. The van der Waals surface area contributed by atoms with Gasteiger partial charge in [0.25, 0.3) is 5.91 Å². The lowest BCUT2D eigenvalue weighted by Crippen LogP contribution is -2.48. The number of rotatable bonds is 6. The first-order valence-electron chi connectivity index (χ1n) is 9.09. The number of halogens is 1. The number of hydrogen-bond donors (Lipinski definition) is 2. The average Bonchev–Trinajstić information content (AvgIpc) is 2.64. The number of ether oxygens (including phenoxy) is 2. The van der Waals surface area contributed by atoms with Gasteiger partial charge in [-0.15, -0.1) is 0 Å². The predicted octanol–water partition coefficient (Wildman–Crippen LogP) is 2.68. The fourth-order valence-corrected chi connectivity index (χ4v) is 2.77. The monoisotopic (exact) mass is 380 g/mol. The maximum atomic E-state index is 12.9. The third-order valence-electron chi connectivity index (χ3n) is 4.30. The summed E-state index contributed by atoms with van der Waals surface area (Å²) in [6.45, 7) is 2.82. The van der Waals surface area contributed by atoms with E-state index in [4.69, 9.17) is 9.47 Å². The summed E-state index contributed by atoms with van der Waals surface area (Å²) in [4.78, 5) is 35.9. The van der Waals surface area contributed by atoms with Gasteiger partial charge in [-0.05, 0) is 51.0 Å². The molecule has 2 rings (SSSR count). The highest BCUT2D eigenvalue weighted by atomic mass is 19.1. The van der Waals surface area contributed by atoms with Crippen LogP contribution in [0.2, 0.25) is 0 Å². The van der Waals surface area contributed by atoms with Crippen molar-refractivity contribution in [1.29, 1.82) is 0 Å². The Balaban J connectivity index is 1.75. The third kappa shape index (κ3) is 6.88. The van der Waals surface area contributed by atoms with Crippen LogP contribution in [0.1, 0.15) is 46.0 Å². The van der Waals surface area contributed by atoms with E-state index < -0.39 is 35.9 Å². The molecule has 0 bridgehead atoms. The number of hydrogen-bond acceptors (Lipinski definition) is 5. The average molecular weight is 380 g/mol. The minimum Gasteiger partial charge on any atom is -0.479 e. The number of benzene rings is 1. The minimum atomic E-state index is -1.16. The van der Waals surface area contributed by atoms with E-state index in [9.17, 15) is 18.8 Å². The van der Waals surface area contributed by atoms with Crippen molar-refractivity contribution >= 4 is 17.9 Å². The van der Waals surface area contributed by atoms with Gasteiger partial charge in [-0.2, -0.15) is 0 Å². The van der Waals surface area contributed by atoms with Gasteiger partial charge in [0, 0.05) is 6.04 Å². The Bertz CT molecular complexity index is 659. The van der Waals surface area contributed by atoms with Crippen molar-refractivity contribution in [2.45, 2.75) is 64.2 Å². The molecule has 0 heterocycles. The van der Waals surface area contributed by atoms with Crippen LogP contribution in [0.25, 0.3) is 0 Å². The highest BCUT2D eigenvalue weighted by Crippen LogP contribution is 2.17. The first kappa shape index (κ1) is 20.7. The van der Waals surface area contributed by atoms with Gasteiger partial charge in [-0.25, -0.2) is 14.0 Å². The lowest BCUT2D eigenvalue weighted by Gasteiger charge is -2.23. The molecule has 1 aliphatic carbocycles. The molecule has 1 fully saturated rings. The maximum absolute atomic E-state index is 12.9. The van der Waals surface area contributed by atoms with Crippen LogP contribution < -0.4 is 15.4 Å². The quantitative estimate of drug-likeness (QED) is 0.740. The molecule has 0 unspecified atom stereocenters. The molecule has 3 amide bonds. The third-order valence-corrected chi connectivity index (χ3v) is 4.30. The van der Waals surface area contributed by atoms with Crippen LogP contribution in [0.3, 0.4) is 0 Å². The first-order valence-corrected chi connectivity index (χ1v) is 9.09. The molecule has 0 spiro atoms. The van der Waals surface area contributed by atoms with Crippen molar-refractivity contribution in [3.8, 4) is 5.75 Å². The molecule has 0 aromatic heterocycles. The van der Waals surface area contributed by atoms with Crippen molar-refractivity contribution < 1.29 is 28.2 Å². The molecule has 1 saturated carbocycles. The number of carbonyl (C=O) groups excluding carboxylic acids is 3. The smallest absolute Gasteiger partial charge is 0.347 e. The zero-order chi connectivity index (χ0) is 19.8. The van der Waals surface area contributed by atoms with Crippen LogP contribution in [0.15, 0.2) is 24.3 Å². The van der Waals surface area contributed by atoms with Crippen LogP contribution in [-0.4, -0.2) is 36.2 Å². The van der Waals surface area contributed by atoms with Crippen LogP contribution in [0.4, 0.5) is 9.18 Å². The van der Waals surface area contributed by atoms with Gasteiger partial charge in [-0.3, -0.25) is 10.1 Å². The van der Waals surface area contributed by atoms with Gasteiger partial charge in [-0.1, -0.05) is 19.3 Å². The molecule has 1 aliphatic rings. The molecule has 148 valence electrons. The topological polar surface area (TPSA) is 93.7 Å². The van der Waals surface area contributed by atoms with Crippen molar-refractivity contribution in [2.75, 3.05) is 0 Å². The Morgan fingerprint density at radius 3 is 2.30 bits per heavy atom. The number of imide groups is 1. The summed E-state index contributed by atoms with van der Waals surface area (Å²) in [6.07, 6.45) is 2.90. The van der Waals surface area contributed by atoms with Crippen molar-refractivity contribution in [3.05, 3.63) is 30.1 Å². The summed E-state index contributed by atoms with van der Waals surface area (Å²) in [6, 6.07) is 4.64. The lowest BCUT2D eigenvalue weighted by molar-refractivity contribution is -0.160. The summed E-state index contributed by atoms with van der Waals surface area (Å²) in [7, 11) is 0. The molecule has 27 heavy (non-hydrogen) atoms. The van der Waals surface area contributed by atoms with E-state index in [1.165, 1.54) is 38.1 Å². The van der Waals surface area contributed by atoms with Crippen LogP contribution >= 0.6 is 0 Å². The van der Waals surface area contributed by atoms with E-state index in [0.717, 1.165) is 32.1 Å². The Kier molecular flexibility index (Phi) is 7.57. The Hall–Kier alpha value is -2.64. The lowest BCUT2D eigenvalue weighted by atomic mass is 9.96. The minimum absolute atomic E-state index is 0.0635. The molecular weight excluding hydrogens is 355 g/mol. The first-order chi connectivity index (χ1) is 12.8. The second kappa shape index (κ2) is 9.89. The Labute approximate surface area is 157 Å². The SMILES string of the molecule is C[C@H](OC(=O)[C@H](C)Oc1ccc(F)cc1)C(=O)NC(=O)NC1CCCCC1. The van der Waals surface area contributed by atoms with Crippen molar-refractivity contribution in [3.63, 3.8) is 0 Å². The zero-order valence-corrected chi connectivity index (χ0v) is 15.5. The Morgan fingerprint density at radius 2 is 1.67 bits per heavy atom. The highest BCUT2D eigenvalue weighted by molar-refractivity contribution is 5.97. The molecule has 2 atom stereocenters. The largest absolute Gasteiger partial charge is 0.479 e. The van der Waals surface area contributed by atoms with E-state index in [1.54, 1.807) is 0 Å². The number of nitrogens with one attached hydrogen (secondary N) is 2. The molecule has 7 nitrogen and oxygen atoms in total. The fraction of sp³-hybridized carbons (Fsp3) is 0.526. The molecular formula is C19H25FN2O5. The van der Waals surface area contributed by atoms with Gasteiger partial charge in [0.05, 0.1) is 0 Å². The standard InChI is InChI=1S/C19H25FN2O5/c1-12(17(23)22-19(25)21-15-6-4-3-5-7-15)27-18(24)13(2)26-16-10-8-14(20)9-11-16/h8-13,15H,3-7H2,1-2H3,(H2,21,22,23,25)/t12-,13-/m0/s1. The van der Waals surface area contributed by atoms with Crippen LogP contribution in [-0.2, 0) is 14.3 Å². The summed E-state index contributed by atoms with van der Waals surface area (Å²) < 4.78 is 23.2. The fourth-order valence-electron chi connectivity index (χ4n) is 2.77. The number of urea groups is 1. The van der Waals surface area contributed by atoms with Gasteiger partial charge in [0.1, 0.15) is 11.6 Å². The van der Waals surface area contributed by atoms with E-state index in [0.29, 0.717) is 5.75 Å². The summed E-state index contributed by atoms with van der Waals surface area (Å²) in [5.41, 5.74) is 0. The van der Waals surface area contributed by atoms with Crippen LogP contribution in [0, 0.1) is 5.82 Å². The van der Waals surface area contributed by atoms with Gasteiger partial charge >= 0.3 is 12.0 Å². The molecule has 8 heteroatoms. The number of carbonyl (C=O) groups is 3. The highest BCUT2D eigenvalue weighted by Gasteiger charge is 2.25. The van der Waals surface area contributed by atoms with Crippen molar-refractivity contribution in [2.24, 2.45) is 0 Å². The second-order valence-electron chi connectivity index (χ2n) is 6.59. The van der Waals surface area contributed by atoms with Gasteiger partial charge in [0.15, 0.2) is 12.2 Å². The number of amides is 3. The molecule has 0 radical (unpaired) electrons. The summed E-state index contributed by atoms with van der Waals surface area (Å²) >= 11 is 0. The molecule has 0 saturated heterocycles. The van der Waals surface area contributed by atoms with E-state index >= 15 is 0 Å². The van der Waals surface area contributed by atoms with E-state index in [-0.39, 0.29) is 6.04 Å². The predicted molar refractivity (Wildman–Crippen MR) is 95.6 cm³/mol. The van der Waals surface area contributed by atoms with Gasteiger partial charge < -0.3 is 14.8 Å². The second-order valence-corrected chi connectivity index (χ2v) is 6.59. The zero-order valence-electron chi connectivity index (χ0n) is 15.5. The normalized spacial score (nSPS) is 16.7. The molecule has 1 aromatic rings. The van der Waals surface area contributed by atoms with Crippen molar-refractivity contribution in [1.82, 2.24) is 10.6 Å². The summed E-state index contributed by atoms with van der Waals surface area (Å²) in [5.74, 6) is -1.61. The van der Waals surface area contributed by atoms with E-state index in [2.05, 4.69) is 10.6 Å². The summed E-state index contributed by atoms with van der Waals surface area (Å²) in [5, 5.41) is 4.93. The number of esters is 1. The van der Waals surface area contributed by atoms with Crippen LogP contribution in [0.5, 0.6) is 5.75 Å². The Morgan fingerprint density at radius 1 is 1.04 bits per heavy atom. The molecule has 2 N–H and O–H groups in total.